The molecule has 0 saturated carbocycles. The molecule has 2 unspecified atom stereocenters. The molecular weight excluding hydrogens is 135 g/mol. The first-order valence-corrected chi connectivity index (χ1v) is 4.55. The van der Waals surface area contributed by atoms with E-state index in [-0.39, 0.29) is 0 Å². The summed E-state index contributed by atoms with van der Waals surface area (Å²) in [5.74, 6) is 0.305. The third kappa shape index (κ3) is 5.81. The fraction of sp³-hybridized carbons (Fsp3) is 0.667. The lowest BCUT2D eigenvalue weighted by molar-refractivity contribution is 0.490. The van der Waals surface area contributed by atoms with E-state index < -0.39 is 8.03 Å². The zero-order valence-corrected chi connectivity index (χ0v) is 6.63. The van der Waals surface area contributed by atoms with Gasteiger partial charge in [0.25, 0.3) is 0 Å². The summed E-state index contributed by atoms with van der Waals surface area (Å²) in [7, 11) is -2.25. The van der Waals surface area contributed by atoms with Crippen LogP contribution in [0.25, 0.3) is 0 Å². The van der Waals surface area contributed by atoms with Crippen LogP contribution in [0.1, 0.15) is 13.3 Å². The van der Waals surface area contributed by atoms with Gasteiger partial charge in [0, 0.05) is 6.16 Å². The van der Waals surface area contributed by atoms with Crippen LogP contribution in [0.4, 0.5) is 0 Å². The zero-order valence-electron chi connectivity index (χ0n) is 5.63. The van der Waals surface area contributed by atoms with E-state index >= 15 is 0 Å². The van der Waals surface area contributed by atoms with Crippen molar-refractivity contribution in [2.75, 3.05) is 6.16 Å². The lowest BCUT2D eigenvalue weighted by Crippen LogP contribution is -1.94. The SMILES string of the molecule is C=CCC(C)C[PH](=O)O. The molecular formula is C6H13O2P. The molecule has 0 aliphatic heterocycles. The summed E-state index contributed by atoms with van der Waals surface area (Å²) in [5, 5.41) is 0. The van der Waals surface area contributed by atoms with Crippen LogP contribution < -0.4 is 0 Å². The van der Waals surface area contributed by atoms with Gasteiger partial charge in [0.15, 0.2) is 8.03 Å². The third-order valence-corrected chi connectivity index (χ3v) is 2.14. The molecule has 0 aromatic heterocycles. The fourth-order valence-corrected chi connectivity index (χ4v) is 1.43. The molecule has 54 valence electrons. The second-order valence-electron chi connectivity index (χ2n) is 2.23. The Labute approximate surface area is 56.5 Å². The van der Waals surface area contributed by atoms with Crippen LogP contribution in [-0.4, -0.2) is 11.1 Å². The molecule has 2 nitrogen and oxygen atoms in total. The quantitative estimate of drug-likeness (QED) is 0.486. The van der Waals surface area contributed by atoms with Gasteiger partial charge in [-0.25, -0.2) is 0 Å². The average molecular weight is 148 g/mol. The monoisotopic (exact) mass is 148 g/mol. The smallest absolute Gasteiger partial charge is 0.189 e. The van der Waals surface area contributed by atoms with Gasteiger partial charge in [-0.3, -0.25) is 4.57 Å². The van der Waals surface area contributed by atoms with Crippen molar-refractivity contribution in [1.82, 2.24) is 0 Å². The third-order valence-electron chi connectivity index (χ3n) is 1.09. The molecule has 3 heteroatoms. The van der Waals surface area contributed by atoms with Crippen LogP contribution in [-0.2, 0) is 4.57 Å². The van der Waals surface area contributed by atoms with E-state index in [0.29, 0.717) is 12.1 Å². The van der Waals surface area contributed by atoms with Gasteiger partial charge in [-0.2, -0.15) is 0 Å². The van der Waals surface area contributed by atoms with Crippen molar-refractivity contribution >= 4 is 8.03 Å². The maximum atomic E-state index is 10.2. The summed E-state index contributed by atoms with van der Waals surface area (Å²) in [6.07, 6.45) is 3.03. The van der Waals surface area contributed by atoms with Crippen LogP contribution in [0.2, 0.25) is 0 Å². The van der Waals surface area contributed by atoms with Gasteiger partial charge in [-0.15, -0.1) is 6.58 Å². The van der Waals surface area contributed by atoms with Crippen molar-refractivity contribution < 1.29 is 9.46 Å². The molecule has 0 aliphatic rings. The molecule has 0 amide bonds. The van der Waals surface area contributed by atoms with Crippen LogP contribution in [0.5, 0.6) is 0 Å². The fourth-order valence-electron chi connectivity index (χ4n) is 0.666. The Morgan fingerprint density at radius 1 is 1.89 bits per heavy atom. The van der Waals surface area contributed by atoms with Gasteiger partial charge in [-0.1, -0.05) is 13.0 Å². The maximum Gasteiger partial charge on any atom is 0.189 e. The summed E-state index contributed by atoms with van der Waals surface area (Å²) < 4.78 is 10.2. The lowest BCUT2D eigenvalue weighted by atomic mass is 10.1. The highest BCUT2D eigenvalue weighted by atomic mass is 31.1. The Morgan fingerprint density at radius 3 is 2.78 bits per heavy atom. The molecule has 0 fully saturated rings. The Hall–Kier alpha value is -0.0700. The van der Waals surface area contributed by atoms with E-state index in [1.165, 1.54) is 0 Å². The van der Waals surface area contributed by atoms with Crippen LogP contribution >= 0.6 is 8.03 Å². The molecule has 0 rings (SSSR count). The first kappa shape index (κ1) is 8.93. The molecule has 9 heavy (non-hydrogen) atoms. The Kier molecular flexibility index (Phi) is 4.74. The Morgan fingerprint density at radius 2 is 2.44 bits per heavy atom. The van der Waals surface area contributed by atoms with Crippen molar-refractivity contribution in [2.45, 2.75) is 13.3 Å². The standard InChI is InChI=1S/C6H13O2P/c1-3-4-6(2)5-9(7)8/h3,6,9H,1,4-5H2,2H3,(H,7,8). The largest absolute Gasteiger partial charge is 0.346 e. The summed E-state index contributed by atoms with van der Waals surface area (Å²) in [4.78, 5) is 8.46. The summed E-state index contributed by atoms with van der Waals surface area (Å²) in [6, 6.07) is 0. The molecule has 0 heterocycles. The van der Waals surface area contributed by atoms with Gasteiger partial charge in [-0.05, 0) is 12.3 Å². The maximum absolute atomic E-state index is 10.2. The predicted molar refractivity (Wildman–Crippen MR) is 40.1 cm³/mol. The molecule has 0 radical (unpaired) electrons. The molecule has 0 bridgehead atoms. The predicted octanol–water partition coefficient (Wildman–Crippen LogP) is 1.67. The van der Waals surface area contributed by atoms with E-state index in [9.17, 15) is 4.57 Å². The number of hydrogen-bond donors (Lipinski definition) is 1. The Balaban J connectivity index is 3.37. The molecule has 0 aromatic rings. The van der Waals surface area contributed by atoms with Gasteiger partial charge < -0.3 is 4.89 Å². The van der Waals surface area contributed by atoms with Gasteiger partial charge in [0.2, 0.25) is 0 Å². The summed E-state index contributed by atoms with van der Waals surface area (Å²) in [6.45, 7) is 5.48. The number of rotatable bonds is 4. The molecule has 0 aliphatic carbocycles. The van der Waals surface area contributed by atoms with Crippen molar-refractivity contribution in [2.24, 2.45) is 5.92 Å². The van der Waals surface area contributed by atoms with Gasteiger partial charge >= 0.3 is 0 Å². The van der Waals surface area contributed by atoms with Gasteiger partial charge in [0.1, 0.15) is 0 Å². The molecule has 0 aromatic carbocycles. The molecule has 0 spiro atoms. The van der Waals surface area contributed by atoms with E-state index in [4.69, 9.17) is 4.89 Å². The average Bonchev–Trinajstić information content (AvgIpc) is 1.63. The highest BCUT2D eigenvalue weighted by Gasteiger charge is 2.01. The van der Waals surface area contributed by atoms with Gasteiger partial charge in [0.05, 0.1) is 0 Å². The van der Waals surface area contributed by atoms with Crippen LogP contribution in [0.15, 0.2) is 12.7 Å². The van der Waals surface area contributed by atoms with Crippen molar-refractivity contribution in [3.05, 3.63) is 12.7 Å². The normalized spacial score (nSPS) is 16.7. The minimum atomic E-state index is -2.25. The second kappa shape index (κ2) is 4.78. The van der Waals surface area contributed by atoms with Crippen molar-refractivity contribution in [1.29, 1.82) is 0 Å². The van der Waals surface area contributed by atoms with Crippen LogP contribution in [0, 0.1) is 5.92 Å². The first-order chi connectivity index (χ1) is 4.16. The lowest BCUT2D eigenvalue weighted by Gasteiger charge is -2.03. The first-order valence-electron chi connectivity index (χ1n) is 2.99. The van der Waals surface area contributed by atoms with Crippen LogP contribution in [0.3, 0.4) is 0 Å². The summed E-state index contributed by atoms with van der Waals surface area (Å²) >= 11 is 0. The summed E-state index contributed by atoms with van der Waals surface area (Å²) in [5.41, 5.74) is 0. The van der Waals surface area contributed by atoms with E-state index in [1.807, 2.05) is 6.92 Å². The highest BCUT2D eigenvalue weighted by Crippen LogP contribution is 2.19. The Bertz CT molecular complexity index is 112. The molecule has 0 saturated heterocycles. The zero-order chi connectivity index (χ0) is 7.28. The number of hydrogen-bond acceptors (Lipinski definition) is 1. The van der Waals surface area contributed by atoms with Crippen molar-refractivity contribution in [3.63, 3.8) is 0 Å². The minimum Gasteiger partial charge on any atom is -0.346 e. The van der Waals surface area contributed by atoms with E-state index in [2.05, 4.69) is 6.58 Å². The second-order valence-corrected chi connectivity index (χ2v) is 3.42. The highest BCUT2D eigenvalue weighted by molar-refractivity contribution is 7.37. The van der Waals surface area contributed by atoms with E-state index in [1.54, 1.807) is 6.08 Å². The van der Waals surface area contributed by atoms with Crippen molar-refractivity contribution in [3.8, 4) is 0 Å². The van der Waals surface area contributed by atoms with E-state index in [0.717, 1.165) is 6.42 Å². The molecule has 2 atom stereocenters. The molecule has 1 N–H and O–H groups in total. The topological polar surface area (TPSA) is 37.3 Å². The number of allylic oxidation sites excluding steroid dienone is 1. The minimum absolute atomic E-state index is 0.305.